The van der Waals surface area contributed by atoms with Crippen LogP contribution in [0.4, 0.5) is 0 Å². The summed E-state index contributed by atoms with van der Waals surface area (Å²) in [6, 6.07) is 10.4. The highest BCUT2D eigenvalue weighted by atomic mass is 16.5. The Hall–Kier alpha value is -1.53. The van der Waals surface area contributed by atoms with E-state index in [0.29, 0.717) is 6.61 Å². The van der Waals surface area contributed by atoms with Crippen LogP contribution in [0.1, 0.15) is 39.2 Å². The van der Waals surface area contributed by atoms with Gasteiger partial charge in [-0.25, -0.2) is 0 Å². The van der Waals surface area contributed by atoms with Gasteiger partial charge in [-0.15, -0.1) is 0 Å². The molecule has 0 heterocycles. The number of nitriles is 1. The van der Waals surface area contributed by atoms with Crippen molar-refractivity contribution in [2.24, 2.45) is 11.1 Å². The quantitative estimate of drug-likeness (QED) is 0.818. The Morgan fingerprint density at radius 3 is 2.68 bits per heavy atom. The number of nitrogens with zero attached hydrogens (tertiary/aromatic N) is 1. The summed E-state index contributed by atoms with van der Waals surface area (Å²) < 4.78 is 5.81. The van der Waals surface area contributed by atoms with Gasteiger partial charge in [-0.05, 0) is 44.7 Å². The molecule has 3 nitrogen and oxygen atoms in total. The molecule has 0 aliphatic carbocycles. The summed E-state index contributed by atoms with van der Waals surface area (Å²) in [6.07, 6.45) is 2.50. The standard InChI is InChI=1S/C16H24N2O/c1-4-14(18)11-13-7-5-6-8-15(13)19-10-9-16(2,3)12-17/h5-8,14H,4,9-11,18H2,1-3H3. The molecule has 0 fully saturated rings. The van der Waals surface area contributed by atoms with Gasteiger partial charge >= 0.3 is 0 Å². The number of benzene rings is 1. The summed E-state index contributed by atoms with van der Waals surface area (Å²) in [5.74, 6) is 0.889. The lowest BCUT2D eigenvalue weighted by molar-refractivity contribution is 0.262. The third-order valence-electron chi connectivity index (χ3n) is 3.27. The summed E-state index contributed by atoms with van der Waals surface area (Å²) in [5.41, 5.74) is 6.80. The van der Waals surface area contributed by atoms with Crippen LogP contribution >= 0.6 is 0 Å². The number of ether oxygens (including phenoxy) is 1. The molecule has 0 aliphatic rings. The Bertz CT molecular complexity index is 435. The van der Waals surface area contributed by atoms with E-state index in [1.807, 2.05) is 32.0 Å². The van der Waals surface area contributed by atoms with E-state index >= 15 is 0 Å². The van der Waals surface area contributed by atoms with Gasteiger partial charge in [0.1, 0.15) is 5.75 Å². The minimum absolute atomic E-state index is 0.167. The number of hydrogen-bond donors (Lipinski definition) is 1. The van der Waals surface area contributed by atoms with Crippen LogP contribution in [-0.2, 0) is 6.42 Å². The Balaban J connectivity index is 2.61. The summed E-state index contributed by atoms with van der Waals surface area (Å²) >= 11 is 0. The molecule has 1 rings (SSSR count). The molecular formula is C16H24N2O. The normalized spacial score (nSPS) is 12.8. The summed E-state index contributed by atoms with van der Waals surface area (Å²) in [5, 5.41) is 8.97. The van der Waals surface area contributed by atoms with Crippen LogP contribution in [0, 0.1) is 16.7 Å². The molecule has 1 aromatic carbocycles. The third-order valence-corrected chi connectivity index (χ3v) is 3.27. The molecule has 0 saturated carbocycles. The van der Waals surface area contributed by atoms with Gasteiger partial charge < -0.3 is 10.5 Å². The van der Waals surface area contributed by atoms with Crippen molar-refractivity contribution in [1.29, 1.82) is 5.26 Å². The van der Waals surface area contributed by atoms with Gasteiger partial charge in [0.15, 0.2) is 0 Å². The summed E-state index contributed by atoms with van der Waals surface area (Å²) in [6.45, 7) is 6.49. The average Bonchev–Trinajstić information content (AvgIpc) is 2.40. The molecular weight excluding hydrogens is 236 g/mol. The van der Waals surface area contributed by atoms with E-state index in [1.54, 1.807) is 0 Å². The molecule has 3 heteroatoms. The molecule has 0 spiro atoms. The minimum Gasteiger partial charge on any atom is -0.493 e. The van der Waals surface area contributed by atoms with Gasteiger partial charge in [0.05, 0.1) is 18.1 Å². The lowest BCUT2D eigenvalue weighted by Crippen LogP contribution is -2.22. The number of rotatable bonds is 7. The van der Waals surface area contributed by atoms with E-state index in [1.165, 1.54) is 0 Å². The van der Waals surface area contributed by atoms with Crippen LogP contribution in [0.15, 0.2) is 24.3 Å². The zero-order valence-corrected chi connectivity index (χ0v) is 12.1. The van der Waals surface area contributed by atoms with Crippen LogP contribution in [0.25, 0.3) is 0 Å². The number of hydrogen-bond acceptors (Lipinski definition) is 3. The van der Waals surface area contributed by atoms with Crippen molar-refractivity contribution in [2.45, 2.75) is 46.1 Å². The second-order valence-electron chi connectivity index (χ2n) is 5.57. The third kappa shape index (κ3) is 5.32. The topological polar surface area (TPSA) is 59.0 Å². The Kier molecular flexibility index (Phi) is 5.85. The van der Waals surface area contributed by atoms with Crippen LogP contribution in [0.2, 0.25) is 0 Å². The fourth-order valence-corrected chi connectivity index (χ4v) is 1.71. The molecule has 104 valence electrons. The van der Waals surface area contributed by atoms with Gasteiger partial charge in [0.2, 0.25) is 0 Å². The average molecular weight is 260 g/mol. The maximum atomic E-state index is 8.97. The highest BCUT2D eigenvalue weighted by molar-refractivity contribution is 5.34. The van der Waals surface area contributed by atoms with Gasteiger partial charge in [0, 0.05) is 6.04 Å². The smallest absolute Gasteiger partial charge is 0.122 e. The van der Waals surface area contributed by atoms with Crippen molar-refractivity contribution < 1.29 is 4.74 Å². The fourth-order valence-electron chi connectivity index (χ4n) is 1.71. The zero-order valence-electron chi connectivity index (χ0n) is 12.1. The molecule has 0 radical (unpaired) electrons. The zero-order chi connectivity index (χ0) is 14.3. The lowest BCUT2D eigenvalue weighted by atomic mass is 9.92. The number of para-hydroxylation sites is 1. The highest BCUT2D eigenvalue weighted by Gasteiger charge is 2.16. The minimum atomic E-state index is -0.339. The van der Waals surface area contributed by atoms with E-state index in [0.717, 1.165) is 30.6 Å². The predicted octanol–water partition coefficient (Wildman–Crippen LogP) is 3.29. The molecule has 0 amide bonds. The van der Waals surface area contributed by atoms with Crippen molar-refractivity contribution >= 4 is 0 Å². The Morgan fingerprint density at radius 1 is 1.37 bits per heavy atom. The maximum absolute atomic E-state index is 8.97. The SMILES string of the molecule is CCC(N)Cc1ccccc1OCCC(C)(C)C#N. The fraction of sp³-hybridized carbons (Fsp3) is 0.562. The Labute approximate surface area is 116 Å². The monoisotopic (exact) mass is 260 g/mol. The number of nitrogens with two attached hydrogens (primary N) is 1. The first kappa shape index (κ1) is 15.5. The highest BCUT2D eigenvalue weighted by Crippen LogP contribution is 2.23. The molecule has 2 N–H and O–H groups in total. The Morgan fingerprint density at radius 2 is 2.05 bits per heavy atom. The summed E-state index contributed by atoms with van der Waals surface area (Å²) in [7, 11) is 0. The second kappa shape index (κ2) is 7.16. The molecule has 0 aliphatic heterocycles. The van der Waals surface area contributed by atoms with E-state index in [9.17, 15) is 0 Å². The largest absolute Gasteiger partial charge is 0.493 e. The van der Waals surface area contributed by atoms with Crippen molar-refractivity contribution in [3.63, 3.8) is 0 Å². The molecule has 0 saturated heterocycles. The van der Waals surface area contributed by atoms with Crippen LogP contribution in [-0.4, -0.2) is 12.6 Å². The molecule has 1 aromatic rings. The van der Waals surface area contributed by atoms with E-state index < -0.39 is 0 Å². The molecule has 1 atom stereocenters. The first-order valence-electron chi connectivity index (χ1n) is 6.86. The van der Waals surface area contributed by atoms with Gasteiger partial charge in [-0.2, -0.15) is 5.26 Å². The maximum Gasteiger partial charge on any atom is 0.122 e. The van der Waals surface area contributed by atoms with Gasteiger partial charge in [-0.3, -0.25) is 0 Å². The van der Waals surface area contributed by atoms with Gasteiger partial charge in [-0.1, -0.05) is 25.1 Å². The van der Waals surface area contributed by atoms with E-state index in [2.05, 4.69) is 19.1 Å². The second-order valence-corrected chi connectivity index (χ2v) is 5.57. The lowest BCUT2D eigenvalue weighted by Gasteiger charge is -2.17. The molecule has 1 unspecified atom stereocenters. The van der Waals surface area contributed by atoms with Crippen molar-refractivity contribution in [1.82, 2.24) is 0 Å². The molecule has 0 bridgehead atoms. The first-order valence-corrected chi connectivity index (χ1v) is 6.86. The van der Waals surface area contributed by atoms with Crippen molar-refractivity contribution in [3.05, 3.63) is 29.8 Å². The first-order chi connectivity index (χ1) is 8.98. The van der Waals surface area contributed by atoms with Gasteiger partial charge in [0.25, 0.3) is 0 Å². The predicted molar refractivity (Wildman–Crippen MR) is 77.9 cm³/mol. The van der Waals surface area contributed by atoms with Crippen LogP contribution < -0.4 is 10.5 Å². The van der Waals surface area contributed by atoms with Crippen molar-refractivity contribution in [3.8, 4) is 11.8 Å². The molecule has 0 aromatic heterocycles. The summed E-state index contributed by atoms with van der Waals surface area (Å²) in [4.78, 5) is 0. The van der Waals surface area contributed by atoms with E-state index in [-0.39, 0.29) is 11.5 Å². The van der Waals surface area contributed by atoms with Crippen molar-refractivity contribution in [2.75, 3.05) is 6.61 Å². The van der Waals surface area contributed by atoms with Crippen LogP contribution in [0.3, 0.4) is 0 Å². The van der Waals surface area contributed by atoms with Crippen LogP contribution in [0.5, 0.6) is 5.75 Å². The molecule has 19 heavy (non-hydrogen) atoms. The van der Waals surface area contributed by atoms with E-state index in [4.69, 9.17) is 15.7 Å².